The Morgan fingerprint density at radius 2 is 2.12 bits per heavy atom. The van der Waals surface area contributed by atoms with Crippen LogP contribution in [0, 0.1) is 13.8 Å². The molecular formula is C18H19N5O2. The molecule has 3 aromatic heterocycles. The van der Waals surface area contributed by atoms with Crippen molar-refractivity contribution in [1.29, 1.82) is 0 Å². The molecule has 3 aromatic rings. The van der Waals surface area contributed by atoms with Crippen LogP contribution in [0.5, 0.6) is 0 Å². The summed E-state index contributed by atoms with van der Waals surface area (Å²) in [6.07, 6.45) is 3.28. The normalized spacial score (nSPS) is 17.8. The van der Waals surface area contributed by atoms with Crippen LogP contribution >= 0.6 is 0 Å². The summed E-state index contributed by atoms with van der Waals surface area (Å²) in [5.74, 6) is 0.613. The van der Waals surface area contributed by atoms with Gasteiger partial charge < -0.3 is 14.0 Å². The third kappa shape index (κ3) is 2.98. The first-order valence-corrected chi connectivity index (χ1v) is 8.27. The number of ether oxygens (including phenoxy) is 1. The molecule has 0 bridgehead atoms. The SMILES string of the molecule is Cc1nccc([C@H]2CN(C(=O)c3cn4c(C)cccc4n3)CCO2)n1. The molecule has 0 aliphatic carbocycles. The summed E-state index contributed by atoms with van der Waals surface area (Å²) in [4.78, 5) is 27.7. The van der Waals surface area contributed by atoms with Gasteiger partial charge in [-0.25, -0.2) is 15.0 Å². The Morgan fingerprint density at radius 1 is 1.24 bits per heavy atom. The summed E-state index contributed by atoms with van der Waals surface area (Å²) in [6.45, 7) is 5.32. The van der Waals surface area contributed by atoms with Crippen molar-refractivity contribution in [3.05, 3.63) is 59.6 Å². The first-order chi connectivity index (χ1) is 12.1. The molecule has 0 spiro atoms. The lowest BCUT2D eigenvalue weighted by atomic mass is 10.2. The van der Waals surface area contributed by atoms with Crippen molar-refractivity contribution in [2.75, 3.05) is 19.7 Å². The molecule has 7 nitrogen and oxygen atoms in total. The fraction of sp³-hybridized carbons (Fsp3) is 0.333. The highest BCUT2D eigenvalue weighted by atomic mass is 16.5. The van der Waals surface area contributed by atoms with E-state index in [1.165, 1.54) is 0 Å². The maximum atomic E-state index is 12.9. The predicted molar refractivity (Wildman–Crippen MR) is 91.3 cm³/mol. The number of hydrogen-bond acceptors (Lipinski definition) is 5. The number of aromatic nitrogens is 4. The molecule has 1 atom stereocenters. The van der Waals surface area contributed by atoms with Crippen molar-refractivity contribution in [2.24, 2.45) is 0 Å². The topological polar surface area (TPSA) is 72.6 Å². The van der Waals surface area contributed by atoms with Crippen LogP contribution in [-0.2, 0) is 4.74 Å². The fourth-order valence-electron chi connectivity index (χ4n) is 3.08. The van der Waals surface area contributed by atoms with Crippen molar-refractivity contribution >= 4 is 11.6 Å². The second-order valence-electron chi connectivity index (χ2n) is 6.16. The van der Waals surface area contributed by atoms with Crippen LogP contribution in [0.4, 0.5) is 0 Å². The van der Waals surface area contributed by atoms with Crippen LogP contribution in [0.15, 0.2) is 36.7 Å². The molecule has 0 radical (unpaired) electrons. The molecule has 1 saturated heterocycles. The average Bonchev–Trinajstić information content (AvgIpc) is 3.07. The van der Waals surface area contributed by atoms with Gasteiger partial charge in [0, 0.05) is 24.6 Å². The molecule has 4 rings (SSSR count). The van der Waals surface area contributed by atoms with Gasteiger partial charge in [-0.05, 0) is 32.0 Å². The summed E-state index contributed by atoms with van der Waals surface area (Å²) in [5.41, 5.74) is 3.07. The average molecular weight is 337 g/mol. The maximum Gasteiger partial charge on any atom is 0.274 e. The van der Waals surface area contributed by atoms with E-state index in [-0.39, 0.29) is 12.0 Å². The van der Waals surface area contributed by atoms with Gasteiger partial charge in [0.2, 0.25) is 0 Å². The molecular weight excluding hydrogens is 318 g/mol. The molecule has 0 aromatic carbocycles. The zero-order valence-corrected chi connectivity index (χ0v) is 14.2. The molecule has 1 amide bonds. The molecule has 0 N–H and O–H groups in total. The van der Waals surface area contributed by atoms with Crippen molar-refractivity contribution < 1.29 is 9.53 Å². The first kappa shape index (κ1) is 15.7. The molecule has 1 aliphatic rings. The highest BCUT2D eigenvalue weighted by Crippen LogP contribution is 2.22. The molecule has 128 valence electrons. The molecule has 7 heteroatoms. The van der Waals surface area contributed by atoms with E-state index in [4.69, 9.17) is 4.74 Å². The predicted octanol–water partition coefficient (Wildman–Crippen LogP) is 1.95. The van der Waals surface area contributed by atoms with Gasteiger partial charge in [-0.1, -0.05) is 6.07 Å². The second kappa shape index (κ2) is 6.25. The monoisotopic (exact) mass is 337 g/mol. The Balaban J connectivity index is 1.57. The molecule has 1 aliphatic heterocycles. The van der Waals surface area contributed by atoms with Crippen molar-refractivity contribution in [3.8, 4) is 0 Å². The summed E-state index contributed by atoms with van der Waals surface area (Å²) in [6, 6.07) is 7.66. The third-order valence-electron chi connectivity index (χ3n) is 4.40. The Morgan fingerprint density at radius 3 is 2.92 bits per heavy atom. The van der Waals surface area contributed by atoms with Gasteiger partial charge >= 0.3 is 0 Å². The van der Waals surface area contributed by atoms with Crippen molar-refractivity contribution in [2.45, 2.75) is 20.0 Å². The number of carbonyl (C=O) groups is 1. The minimum absolute atomic E-state index is 0.0813. The number of carbonyl (C=O) groups excluding carboxylic acids is 1. The van der Waals surface area contributed by atoms with Crippen molar-refractivity contribution in [1.82, 2.24) is 24.3 Å². The van der Waals surface area contributed by atoms with E-state index in [1.807, 2.05) is 42.5 Å². The molecule has 0 saturated carbocycles. The Bertz CT molecular complexity index is 936. The zero-order valence-electron chi connectivity index (χ0n) is 14.2. The van der Waals surface area contributed by atoms with Crippen LogP contribution in [0.2, 0.25) is 0 Å². The number of hydrogen-bond donors (Lipinski definition) is 0. The van der Waals surface area contributed by atoms with Crippen molar-refractivity contribution in [3.63, 3.8) is 0 Å². The highest BCUT2D eigenvalue weighted by Gasteiger charge is 2.28. The molecule has 4 heterocycles. The third-order valence-corrected chi connectivity index (χ3v) is 4.40. The van der Waals surface area contributed by atoms with Crippen LogP contribution in [0.1, 0.15) is 33.8 Å². The Kier molecular flexibility index (Phi) is 3.93. The Labute approximate surface area is 145 Å². The van der Waals surface area contributed by atoms with Crippen LogP contribution < -0.4 is 0 Å². The second-order valence-corrected chi connectivity index (χ2v) is 6.16. The minimum atomic E-state index is -0.238. The van der Waals surface area contributed by atoms with E-state index in [0.29, 0.717) is 31.2 Å². The number of rotatable bonds is 2. The van der Waals surface area contributed by atoms with Crippen LogP contribution in [-0.4, -0.2) is 49.9 Å². The molecule has 0 unspecified atom stereocenters. The van der Waals surface area contributed by atoms with Gasteiger partial charge in [0.1, 0.15) is 23.3 Å². The van der Waals surface area contributed by atoms with E-state index in [0.717, 1.165) is 17.0 Å². The highest BCUT2D eigenvalue weighted by molar-refractivity contribution is 5.93. The van der Waals surface area contributed by atoms with E-state index >= 15 is 0 Å². The molecule has 1 fully saturated rings. The fourth-order valence-corrected chi connectivity index (χ4v) is 3.08. The van der Waals surface area contributed by atoms with Gasteiger partial charge in [-0.3, -0.25) is 4.79 Å². The number of fused-ring (bicyclic) bond motifs is 1. The van der Waals surface area contributed by atoms with Gasteiger partial charge in [-0.15, -0.1) is 0 Å². The number of pyridine rings is 1. The quantitative estimate of drug-likeness (QED) is 0.715. The number of nitrogens with zero attached hydrogens (tertiary/aromatic N) is 5. The van der Waals surface area contributed by atoms with Crippen LogP contribution in [0.3, 0.4) is 0 Å². The lowest BCUT2D eigenvalue weighted by molar-refractivity contribution is -0.0250. The standard InChI is InChI=1S/C18H19N5O2/c1-12-4-3-5-17-21-15(10-23(12)17)18(24)22-8-9-25-16(11-22)14-6-7-19-13(2)20-14/h3-7,10,16H,8-9,11H2,1-2H3/t16-/m1/s1. The van der Waals surface area contributed by atoms with Gasteiger partial charge in [0.05, 0.1) is 18.8 Å². The Hall–Kier alpha value is -2.80. The lowest BCUT2D eigenvalue weighted by Crippen LogP contribution is -2.42. The summed E-state index contributed by atoms with van der Waals surface area (Å²) < 4.78 is 7.73. The summed E-state index contributed by atoms with van der Waals surface area (Å²) in [5, 5.41) is 0. The van der Waals surface area contributed by atoms with E-state index in [2.05, 4.69) is 15.0 Å². The van der Waals surface area contributed by atoms with Gasteiger partial charge in [0.25, 0.3) is 5.91 Å². The number of imidazole rings is 1. The van der Waals surface area contributed by atoms with Gasteiger partial charge in [0.15, 0.2) is 0 Å². The summed E-state index contributed by atoms with van der Waals surface area (Å²) in [7, 11) is 0. The summed E-state index contributed by atoms with van der Waals surface area (Å²) >= 11 is 0. The lowest BCUT2D eigenvalue weighted by Gasteiger charge is -2.32. The number of aryl methyl sites for hydroxylation is 2. The van der Waals surface area contributed by atoms with E-state index < -0.39 is 0 Å². The first-order valence-electron chi connectivity index (χ1n) is 8.27. The number of morpholine rings is 1. The van der Waals surface area contributed by atoms with E-state index in [9.17, 15) is 4.79 Å². The smallest absolute Gasteiger partial charge is 0.274 e. The van der Waals surface area contributed by atoms with E-state index in [1.54, 1.807) is 17.3 Å². The number of amides is 1. The largest absolute Gasteiger partial charge is 0.368 e. The molecule has 25 heavy (non-hydrogen) atoms. The van der Waals surface area contributed by atoms with Crippen LogP contribution in [0.25, 0.3) is 5.65 Å². The zero-order chi connectivity index (χ0) is 17.4. The maximum absolute atomic E-state index is 12.9. The van der Waals surface area contributed by atoms with Gasteiger partial charge in [-0.2, -0.15) is 0 Å². The minimum Gasteiger partial charge on any atom is -0.368 e.